The minimum Gasteiger partial charge on any atom is -0.334 e. The first-order chi connectivity index (χ1) is 10.5. The van der Waals surface area contributed by atoms with Crippen LogP contribution in [-0.4, -0.2) is 48.4 Å². The Hall–Kier alpha value is -0.770. The molecule has 0 spiro atoms. The van der Waals surface area contributed by atoms with Gasteiger partial charge in [0.15, 0.2) is 0 Å². The SMILES string of the molecule is CCN(C(=O)c1ccc(Cl)c(Cl)c1)C1CCCCC1N(C)C. The second-order valence-electron chi connectivity index (χ2n) is 6.10. The molecule has 122 valence electrons. The molecule has 5 heteroatoms. The summed E-state index contributed by atoms with van der Waals surface area (Å²) < 4.78 is 0. The van der Waals surface area contributed by atoms with Crippen molar-refractivity contribution in [1.29, 1.82) is 0 Å². The Morgan fingerprint density at radius 1 is 1.14 bits per heavy atom. The van der Waals surface area contributed by atoms with E-state index < -0.39 is 0 Å². The molecular weight excluding hydrogens is 319 g/mol. The molecule has 1 aliphatic rings. The topological polar surface area (TPSA) is 23.6 Å². The highest BCUT2D eigenvalue weighted by molar-refractivity contribution is 6.42. The van der Waals surface area contributed by atoms with Crippen LogP contribution in [0.2, 0.25) is 10.0 Å². The molecule has 1 aromatic rings. The van der Waals surface area contributed by atoms with Gasteiger partial charge in [-0.15, -0.1) is 0 Å². The van der Waals surface area contributed by atoms with Crippen LogP contribution >= 0.6 is 23.2 Å². The quantitative estimate of drug-likeness (QED) is 0.812. The lowest BCUT2D eigenvalue weighted by Gasteiger charge is -2.42. The van der Waals surface area contributed by atoms with E-state index in [0.29, 0.717) is 28.2 Å². The minimum atomic E-state index is 0.0415. The molecule has 1 fully saturated rings. The number of nitrogens with zero attached hydrogens (tertiary/aromatic N) is 2. The summed E-state index contributed by atoms with van der Waals surface area (Å²) in [5.41, 5.74) is 0.610. The Balaban J connectivity index is 2.25. The van der Waals surface area contributed by atoms with Crippen molar-refractivity contribution in [1.82, 2.24) is 9.80 Å². The van der Waals surface area contributed by atoms with E-state index in [4.69, 9.17) is 23.2 Å². The van der Waals surface area contributed by atoms with Gasteiger partial charge in [0.05, 0.1) is 10.0 Å². The molecule has 0 aromatic heterocycles. The van der Waals surface area contributed by atoms with Gasteiger partial charge in [0.2, 0.25) is 0 Å². The van der Waals surface area contributed by atoms with Gasteiger partial charge in [-0.05, 0) is 52.1 Å². The van der Waals surface area contributed by atoms with Gasteiger partial charge in [0, 0.05) is 24.2 Å². The number of halogens is 2. The highest BCUT2D eigenvalue weighted by Gasteiger charge is 2.33. The Morgan fingerprint density at radius 2 is 1.77 bits per heavy atom. The van der Waals surface area contributed by atoms with Crippen LogP contribution in [-0.2, 0) is 0 Å². The molecule has 0 aliphatic heterocycles. The van der Waals surface area contributed by atoms with Crippen molar-refractivity contribution in [2.75, 3.05) is 20.6 Å². The fourth-order valence-corrected chi connectivity index (χ4v) is 3.68. The summed E-state index contributed by atoms with van der Waals surface area (Å²) in [4.78, 5) is 17.1. The molecule has 0 radical (unpaired) electrons. The molecular formula is C17H24Cl2N2O. The zero-order valence-corrected chi connectivity index (χ0v) is 15.0. The van der Waals surface area contributed by atoms with E-state index in [9.17, 15) is 4.79 Å². The molecule has 0 saturated heterocycles. The molecule has 1 saturated carbocycles. The summed E-state index contributed by atoms with van der Waals surface area (Å²) in [7, 11) is 4.20. The number of amides is 1. The molecule has 1 amide bonds. The van der Waals surface area contributed by atoms with Crippen LogP contribution in [0.15, 0.2) is 18.2 Å². The molecule has 0 heterocycles. The lowest BCUT2D eigenvalue weighted by atomic mass is 9.88. The van der Waals surface area contributed by atoms with Gasteiger partial charge in [-0.2, -0.15) is 0 Å². The van der Waals surface area contributed by atoms with Crippen LogP contribution < -0.4 is 0 Å². The van der Waals surface area contributed by atoms with E-state index in [-0.39, 0.29) is 11.9 Å². The van der Waals surface area contributed by atoms with Gasteiger partial charge in [-0.3, -0.25) is 4.79 Å². The number of benzene rings is 1. The normalized spacial score (nSPS) is 21.9. The second kappa shape index (κ2) is 7.67. The van der Waals surface area contributed by atoms with Crippen LogP contribution in [0.25, 0.3) is 0 Å². The maximum atomic E-state index is 12.9. The maximum absolute atomic E-state index is 12.9. The largest absolute Gasteiger partial charge is 0.334 e. The molecule has 1 aliphatic carbocycles. The predicted octanol–water partition coefficient (Wildman–Crippen LogP) is 4.33. The van der Waals surface area contributed by atoms with E-state index in [1.54, 1.807) is 18.2 Å². The Labute approximate surface area is 143 Å². The Kier molecular flexibility index (Phi) is 6.13. The Morgan fingerprint density at radius 3 is 2.32 bits per heavy atom. The van der Waals surface area contributed by atoms with Gasteiger partial charge in [-0.1, -0.05) is 36.0 Å². The van der Waals surface area contributed by atoms with Crippen LogP contribution in [0, 0.1) is 0 Å². The van der Waals surface area contributed by atoms with Crippen molar-refractivity contribution in [2.45, 2.75) is 44.7 Å². The Bertz CT molecular complexity index is 533. The fraction of sp³-hybridized carbons (Fsp3) is 0.588. The number of hydrogen-bond donors (Lipinski definition) is 0. The molecule has 22 heavy (non-hydrogen) atoms. The fourth-order valence-electron chi connectivity index (χ4n) is 3.38. The standard InChI is InChI=1S/C17H24Cl2N2O/c1-4-21(16-8-6-5-7-15(16)20(2)3)17(22)12-9-10-13(18)14(19)11-12/h9-11,15-16H,4-8H2,1-3H3. The van der Waals surface area contributed by atoms with Gasteiger partial charge >= 0.3 is 0 Å². The van der Waals surface area contributed by atoms with Crippen LogP contribution in [0.3, 0.4) is 0 Å². The molecule has 0 N–H and O–H groups in total. The molecule has 3 nitrogen and oxygen atoms in total. The summed E-state index contributed by atoms with van der Waals surface area (Å²) in [6, 6.07) is 5.79. The highest BCUT2D eigenvalue weighted by Crippen LogP contribution is 2.28. The monoisotopic (exact) mass is 342 g/mol. The van der Waals surface area contributed by atoms with Crippen LogP contribution in [0.4, 0.5) is 0 Å². The lowest BCUT2D eigenvalue weighted by molar-refractivity contribution is 0.0478. The van der Waals surface area contributed by atoms with E-state index in [1.807, 2.05) is 11.8 Å². The average molecular weight is 343 g/mol. The third kappa shape index (κ3) is 3.76. The van der Waals surface area contributed by atoms with Gasteiger partial charge in [0.25, 0.3) is 5.91 Å². The first kappa shape index (κ1) is 17.6. The van der Waals surface area contributed by atoms with Crippen molar-refractivity contribution in [3.8, 4) is 0 Å². The highest BCUT2D eigenvalue weighted by atomic mass is 35.5. The average Bonchev–Trinajstić information content (AvgIpc) is 2.51. The van der Waals surface area contributed by atoms with Gasteiger partial charge in [0.1, 0.15) is 0 Å². The number of carbonyl (C=O) groups excluding carboxylic acids is 1. The van der Waals surface area contributed by atoms with Crippen LogP contribution in [0.1, 0.15) is 43.0 Å². The molecule has 1 aromatic carbocycles. The van der Waals surface area contributed by atoms with Crippen molar-refractivity contribution in [2.24, 2.45) is 0 Å². The summed E-state index contributed by atoms with van der Waals surface area (Å²) in [6.07, 6.45) is 4.62. The number of carbonyl (C=O) groups is 1. The summed E-state index contributed by atoms with van der Waals surface area (Å²) in [6.45, 7) is 2.74. The van der Waals surface area contributed by atoms with Crippen LogP contribution in [0.5, 0.6) is 0 Å². The third-order valence-corrected chi connectivity index (χ3v) is 5.26. The summed E-state index contributed by atoms with van der Waals surface area (Å²) in [5, 5.41) is 0.904. The maximum Gasteiger partial charge on any atom is 0.254 e. The van der Waals surface area contributed by atoms with Gasteiger partial charge < -0.3 is 9.80 Å². The first-order valence-corrected chi connectivity index (χ1v) is 8.63. The van der Waals surface area contributed by atoms with Crippen molar-refractivity contribution in [3.05, 3.63) is 33.8 Å². The van der Waals surface area contributed by atoms with E-state index in [1.165, 1.54) is 12.8 Å². The molecule has 0 bridgehead atoms. The van der Waals surface area contributed by atoms with E-state index in [0.717, 1.165) is 12.8 Å². The lowest BCUT2D eigenvalue weighted by Crippen LogP contribution is -2.53. The number of rotatable bonds is 4. The van der Waals surface area contributed by atoms with Crippen molar-refractivity contribution >= 4 is 29.1 Å². The third-order valence-electron chi connectivity index (χ3n) is 4.53. The van der Waals surface area contributed by atoms with Gasteiger partial charge in [-0.25, -0.2) is 0 Å². The minimum absolute atomic E-state index is 0.0415. The van der Waals surface area contributed by atoms with Crippen molar-refractivity contribution < 1.29 is 4.79 Å². The predicted molar refractivity (Wildman–Crippen MR) is 92.9 cm³/mol. The van der Waals surface area contributed by atoms with E-state index in [2.05, 4.69) is 19.0 Å². The van der Waals surface area contributed by atoms with Crippen molar-refractivity contribution in [3.63, 3.8) is 0 Å². The molecule has 2 unspecified atom stereocenters. The number of hydrogen-bond acceptors (Lipinski definition) is 2. The van der Waals surface area contributed by atoms with E-state index >= 15 is 0 Å². The first-order valence-electron chi connectivity index (χ1n) is 7.88. The zero-order valence-electron chi connectivity index (χ0n) is 13.5. The summed E-state index contributed by atoms with van der Waals surface area (Å²) in [5.74, 6) is 0.0415. The summed E-state index contributed by atoms with van der Waals surface area (Å²) >= 11 is 12.0. The molecule has 2 rings (SSSR count). The second-order valence-corrected chi connectivity index (χ2v) is 6.92. The number of likely N-dealkylation sites (N-methyl/N-ethyl adjacent to an activating group) is 2. The molecule has 2 atom stereocenters. The zero-order chi connectivity index (χ0) is 16.3. The smallest absolute Gasteiger partial charge is 0.254 e.